The molecule has 0 radical (unpaired) electrons. The van der Waals surface area contributed by atoms with E-state index in [-0.39, 0.29) is 17.9 Å². The average molecular weight is 319 g/mol. The molecule has 0 aliphatic carbocycles. The summed E-state index contributed by atoms with van der Waals surface area (Å²) in [7, 11) is 3.26. The van der Waals surface area contributed by atoms with Gasteiger partial charge in [-0.15, -0.1) is 0 Å². The normalized spacial score (nSPS) is 15.9. The maximum absolute atomic E-state index is 12.2. The van der Waals surface area contributed by atoms with Gasteiger partial charge in [0.2, 0.25) is 11.8 Å². The number of benzene rings is 1. The van der Waals surface area contributed by atoms with Gasteiger partial charge in [0.25, 0.3) is 0 Å². The zero-order valence-corrected chi connectivity index (χ0v) is 13.8. The fourth-order valence-electron chi connectivity index (χ4n) is 2.82. The lowest BCUT2D eigenvalue weighted by Crippen LogP contribution is -2.47. The molecule has 1 aliphatic rings. The fraction of sp³-hybridized carbons (Fsp3) is 0.529. The highest BCUT2D eigenvalue weighted by Crippen LogP contribution is 2.18. The van der Waals surface area contributed by atoms with Crippen molar-refractivity contribution in [1.29, 1.82) is 0 Å². The standard InChI is InChI=1S/C17H25N3O3/c1-18-17(22)12-20-9-7-14(8-10-20)19-16(21)11-13-5-3-4-6-15(13)23-2/h3-6,14H,7-12H2,1-2H3,(H,18,22)(H,19,21). The summed E-state index contributed by atoms with van der Waals surface area (Å²) in [5.41, 5.74) is 0.893. The minimum Gasteiger partial charge on any atom is -0.496 e. The number of likely N-dealkylation sites (tertiary alicyclic amines) is 1. The average Bonchev–Trinajstić information content (AvgIpc) is 2.57. The maximum atomic E-state index is 12.2. The highest BCUT2D eigenvalue weighted by molar-refractivity contribution is 5.79. The highest BCUT2D eigenvalue weighted by Gasteiger charge is 2.22. The largest absolute Gasteiger partial charge is 0.496 e. The van der Waals surface area contributed by atoms with Crippen molar-refractivity contribution < 1.29 is 14.3 Å². The van der Waals surface area contributed by atoms with E-state index in [9.17, 15) is 9.59 Å². The second-order valence-electron chi connectivity index (χ2n) is 5.78. The minimum absolute atomic E-state index is 0.0132. The molecule has 1 aliphatic heterocycles. The molecule has 2 N–H and O–H groups in total. The van der Waals surface area contributed by atoms with Crippen LogP contribution in [0.25, 0.3) is 0 Å². The number of nitrogens with zero attached hydrogens (tertiary/aromatic N) is 1. The predicted octanol–water partition coefficient (Wildman–Crippen LogP) is 0.564. The van der Waals surface area contributed by atoms with Gasteiger partial charge in [0.15, 0.2) is 0 Å². The second kappa shape index (κ2) is 8.53. The number of methoxy groups -OCH3 is 1. The number of nitrogens with one attached hydrogen (secondary N) is 2. The molecule has 0 bridgehead atoms. The van der Waals surface area contributed by atoms with Crippen molar-refractivity contribution in [2.75, 3.05) is 33.8 Å². The van der Waals surface area contributed by atoms with E-state index < -0.39 is 0 Å². The van der Waals surface area contributed by atoms with Crippen molar-refractivity contribution in [3.05, 3.63) is 29.8 Å². The molecule has 1 aromatic rings. The fourth-order valence-corrected chi connectivity index (χ4v) is 2.82. The van der Waals surface area contributed by atoms with Crippen molar-refractivity contribution in [3.8, 4) is 5.75 Å². The third-order valence-corrected chi connectivity index (χ3v) is 4.14. The Hall–Kier alpha value is -2.08. The molecular formula is C17H25N3O3. The number of carbonyl (C=O) groups excluding carboxylic acids is 2. The summed E-state index contributed by atoms with van der Waals surface area (Å²) in [6.45, 7) is 2.08. The van der Waals surface area contributed by atoms with E-state index in [0.717, 1.165) is 37.2 Å². The van der Waals surface area contributed by atoms with E-state index in [1.807, 2.05) is 24.3 Å². The smallest absolute Gasteiger partial charge is 0.233 e. The third-order valence-electron chi connectivity index (χ3n) is 4.14. The zero-order chi connectivity index (χ0) is 16.7. The Balaban J connectivity index is 1.77. The van der Waals surface area contributed by atoms with Crippen LogP contribution in [0, 0.1) is 0 Å². The van der Waals surface area contributed by atoms with Gasteiger partial charge < -0.3 is 15.4 Å². The summed E-state index contributed by atoms with van der Waals surface area (Å²) in [5.74, 6) is 0.783. The Kier molecular flexibility index (Phi) is 6.40. The van der Waals surface area contributed by atoms with Gasteiger partial charge in [0.1, 0.15) is 5.75 Å². The van der Waals surface area contributed by atoms with E-state index in [1.165, 1.54) is 0 Å². The Morgan fingerprint density at radius 1 is 1.22 bits per heavy atom. The Morgan fingerprint density at radius 2 is 1.91 bits per heavy atom. The maximum Gasteiger partial charge on any atom is 0.233 e. The van der Waals surface area contributed by atoms with Gasteiger partial charge in [0.05, 0.1) is 20.1 Å². The molecule has 6 heteroatoms. The van der Waals surface area contributed by atoms with Crippen LogP contribution in [0.1, 0.15) is 18.4 Å². The molecule has 0 atom stereocenters. The lowest BCUT2D eigenvalue weighted by atomic mass is 10.0. The lowest BCUT2D eigenvalue weighted by Gasteiger charge is -2.31. The van der Waals surface area contributed by atoms with Crippen LogP contribution in [0.2, 0.25) is 0 Å². The molecule has 2 amide bonds. The van der Waals surface area contributed by atoms with Crippen LogP contribution in [0.15, 0.2) is 24.3 Å². The lowest BCUT2D eigenvalue weighted by molar-refractivity contribution is -0.123. The van der Waals surface area contributed by atoms with Crippen LogP contribution >= 0.6 is 0 Å². The quantitative estimate of drug-likeness (QED) is 0.804. The summed E-state index contributed by atoms with van der Waals surface area (Å²) in [6, 6.07) is 7.74. The van der Waals surface area contributed by atoms with Crippen molar-refractivity contribution in [3.63, 3.8) is 0 Å². The number of hydrogen-bond donors (Lipinski definition) is 2. The molecule has 0 aromatic heterocycles. The Labute approximate surface area is 137 Å². The van der Waals surface area contributed by atoms with Crippen LogP contribution in [-0.2, 0) is 16.0 Å². The Bertz CT molecular complexity index is 540. The molecule has 0 spiro atoms. The van der Waals surface area contributed by atoms with E-state index in [2.05, 4.69) is 15.5 Å². The van der Waals surface area contributed by atoms with Crippen molar-refractivity contribution in [2.24, 2.45) is 0 Å². The first-order valence-corrected chi connectivity index (χ1v) is 7.96. The van der Waals surface area contributed by atoms with Gasteiger partial charge in [-0.05, 0) is 18.9 Å². The van der Waals surface area contributed by atoms with E-state index in [0.29, 0.717) is 13.0 Å². The van der Waals surface area contributed by atoms with Crippen LogP contribution in [0.5, 0.6) is 5.75 Å². The predicted molar refractivity (Wildman–Crippen MR) is 88.4 cm³/mol. The van der Waals surface area contributed by atoms with Crippen LogP contribution < -0.4 is 15.4 Å². The topological polar surface area (TPSA) is 70.7 Å². The summed E-state index contributed by atoms with van der Waals surface area (Å²) in [4.78, 5) is 25.7. The summed E-state index contributed by atoms with van der Waals surface area (Å²) < 4.78 is 5.27. The van der Waals surface area contributed by atoms with Crippen LogP contribution in [-0.4, -0.2) is 56.5 Å². The SMILES string of the molecule is CNC(=O)CN1CCC(NC(=O)Cc2ccccc2OC)CC1. The number of hydrogen-bond acceptors (Lipinski definition) is 4. The molecule has 1 heterocycles. The molecule has 1 aromatic carbocycles. The number of ether oxygens (including phenoxy) is 1. The summed E-state index contributed by atoms with van der Waals surface area (Å²) in [6.07, 6.45) is 2.06. The highest BCUT2D eigenvalue weighted by atomic mass is 16.5. The van der Waals surface area contributed by atoms with Gasteiger partial charge in [-0.3, -0.25) is 14.5 Å². The zero-order valence-electron chi connectivity index (χ0n) is 13.8. The Morgan fingerprint density at radius 3 is 2.57 bits per heavy atom. The van der Waals surface area contributed by atoms with Crippen LogP contribution in [0.3, 0.4) is 0 Å². The summed E-state index contributed by atoms with van der Waals surface area (Å²) >= 11 is 0. The van der Waals surface area contributed by atoms with Gasteiger partial charge in [0, 0.05) is 31.7 Å². The van der Waals surface area contributed by atoms with Gasteiger partial charge in [-0.2, -0.15) is 0 Å². The minimum atomic E-state index is 0.0132. The van der Waals surface area contributed by atoms with Gasteiger partial charge in [-0.1, -0.05) is 18.2 Å². The van der Waals surface area contributed by atoms with E-state index in [4.69, 9.17) is 4.74 Å². The summed E-state index contributed by atoms with van der Waals surface area (Å²) in [5, 5.41) is 5.72. The van der Waals surface area contributed by atoms with Crippen molar-refractivity contribution >= 4 is 11.8 Å². The molecule has 23 heavy (non-hydrogen) atoms. The number of amides is 2. The van der Waals surface area contributed by atoms with Crippen LogP contribution in [0.4, 0.5) is 0 Å². The third kappa shape index (κ3) is 5.25. The van der Waals surface area contributed by atoms with Gasteiger partial charge in [-0.25, -0.2) is 0 Å². The molecular weight excluding hydrogens is 294 g/mol. The van der Waals surface area contributed by atoms with E-state index >= 15 is 0 Å². The second-order valence-corrected chi connectivity index (χ2v) is 5.78. The number of carbonyl (C=O) groups is 2. The first-order valence-electron chi connectivity index (χ1n) is 7.96. The number of rotatable bonds is 6. The molecule has 1 saturated heterocycles. The first-order chi connectivity index (χ1) is 11.1. The van der Waals surface area contributed by atoms with Gasteiger partial charge >= 0.3 is 0 Å². The monoisotopic (exact) mass is 319 g/mol. The molecule has 1 fully saturated rings. The van der Waals surface area contributed by atoms with E-state index in [1.54, 1.807) is 14.2 Å². The molecule has 126 valence electrons. The molecule has 0 saturated carbocycles. The molecule has 0 unspecified atom stereocenters. The first kappa shape index (κ1) is 17.3. The molecule has 2 rings (SSSR count). The number of likely N-dealkylation sites (N-methyl/N-ethyl adjacent to an activating group) is 1. The number of para-hydroxylation sites is 1. The molecule has 6 nitrogen and oxygen atoms in total. The number of piperidine rings is 1. The van der Waals surface area contributed by atoms with Crippen molar-refractivity contribution in [1.82, 2.24) is 15.5 Å². The van der Waals surface area contributed by atoms with Crippen molar-refractivity contribution in [2.45, 2.75) is 25.3 Å².